The molecular weight excluding hydrogens is 431 g/mol. The normalized spacial score (nSPS) is 15.7. The van der Waals surface area contributed by atoms with Crippen molar-refractivity contribution < 1.29 is 9.18 Å². The quantitative estimate of drug-likeness (QED) is 0.601. The van der Waals surface area contributed by atoms with E-state index < -0.39 is 5.82 Å². The minimum Gasteiger partial charge on any atom is -0.372 e. The number of halogens is 1. The van der Waals surface area contributed by atoms with Crippen molar-refractivity contribution in [3.8, 4) is 23.0 Å². The predicted molar refractivity (Wildman–Crippen MR) is 130 cm³/mol. The highest BCUT2D eigenvalue weighted by atomic mass is 19.1. The number of carbonyl (C=O) groups is 1. The Morgan fingerprint density at radius 3 is 2.56 bits per heavy atom. The van der Waals surface area contributed by atoms with E-state index in [9.17, 15) is 4.79 Å². The third kappa shape index (κ3) is 4.66. The molecule has 4 rings (SSSR count). The number of aromatic nitrogens is 2. The molecule has 1 aliphatic heterocycles. The summed E-state index contributed by atoms with van der Waals surface area (Å²) in [5.41, 5.74) is 9.17. The Hall–Kier alpha value is -3.70. The first kappa shape index (κ1) is 23.5. The molecule has 34 heavy (non-hydrogen) atoms. The molecule has 0 saturated carbocycles. The first-order valence-corrected chi connectivity index (χ1v) is 11.7. The number of nitrogens with two attached hydrogens (primary N) is 1. The second-order valence-corrected chi connectivity index (χ2v) is 8.48. The minimum absolute atomic E-state index is 0.0529. The van der Waals surface area contributed by atoms with E-state index in [-0.39, 0.29) is 23.3 Å². The summed E-state index contributed by atoms with van der Waals surface area (Å²) in [6, 6.07) is 15.7. The number of carbonyl (C=O) groups excluding carboxylic acids is 1. The van der Waals surface area contributed by atoms with E-state index >= 15 is 4.39 Å². The van der Waals surface area contributed by atoms with Gasteiger partial charge in [0, 0.05) is 43.5 Å². The van der Waals surface area contributed by atoms with Crippen molar-refractivity contribution in [3.05, 3.63) is 65.6 Å². The van der Waals surface area contributed by atoms with Crippen LogP contribution >= 0.6 is 0 Å². The topological polar surface area (TPSA) is 91.2 Å². The molecule has 1 amide bonds. The molecule has 2 N–H and O–H groups in total. The fourth-order valence-corrected chi connectivity index (χ4v) is 4.40. The monoisotopic (exact) mass is 460 g/mol. The SMILES string of the molecule is CCN(CC)c1ccc(-n2nc(C(=O)N3CCCC(N)C3)cc2-c2ccc(C#N)cc2)c(F)c1. The summed E-state index contributed by atoms with van der Waals surface area (Å²) in [7, 11) is 0. The second kappa shape index (κ2) is 10.1. The van der Waals surface area contributed by atoms with Gasteiger partial charge >= 0.3 is 0 Å². The van der Waals surface area contributed by atoms with E-state index in [1.54, 1.807) is 41.3 Å². The van der Waals surface area contributed by atoms with Gasteiger partial charge in [-0.1, -0.05) is 12.1 Å². The van der Waals surface area contributed by atoms with E-state index in [0.29, 0.717) is 24.3 Å². The van der Waals surface area contributed by atoms with Gasteiger partial charge in [0.25, 0.3) is 5.91 Å². The highest BCUT2D eigenvalue weighted by molar-refractivity contribution is 5.93. The predicted octanol–water partition coefficient (Wildman–Crippen LogP) is 3.96. The summed E-state index contributed by atoms with van der Waals surface area (Å²) in [5, 5.41) is 13.7. The molecule has 8 heteroatoms. The number of nitrogens with zero attached hydrogens (tertiary/aromatic N) is 5. The van der Waals surface area contributed by atoms with E-state index in [0.717, 1.165) is 37.2 Å². The number of benzene rings is 2. The Balaban J connectivity index is 1.79. The molecule has 2 heterocycles. The largest absolute Gasteiger partial charge is 0.372 e. The van der Waals surface area contributed by atoms with Crippen LogP contribution in [0, 0.1) is 17.1 Å². The maximum atomic E-state index is 15.4. The van der Waals surface area contributed by atoms with Crippen molar-refractivity contribution in [2.75, 3.05) is 31.1 Å². The second-order valence-electron chi connectivity index (χ2n) is 8.48. The van der Waals surface area contributed by atoms with Crippen LogP contribution < -0.4 is 10.6 Å². The molecule has 0 spiro atoms. The summed E-state index contributed by atoms with van der Waals surface area (Å²) in [6.45, 7) is 6.68. The van der Waals surface area contributed by atoms with Gasteiger partial charge in [0.2, 0.25) is 0 Å². The standard InChI is InChI=1S/C26H29FN6O/c1-3-31(4-2)21-11-12-24(22(27)14-21)33-25(19-9-7-18(16-28)8-10-19)15-23(30-33)26(34)32-13-5-6-20(29)17-32/h7-12,14-15,20H,3-6,13,17,29H2,1-2H3. The van der Waals surface area contributed by atoms with Crippen molar-refractivity contribution in [1.82, 2.24) is 14.7 Å². The van der Waals surface area contributed by atoms with Crippen LogP contribution in [-0.4, -0.2) is 52.8 Å². The summed E-state index contributed by atoms with van der Waals surface area (Å²) in [6.07, 6.45) is 1.73. The average Bonchev–Trinajstić information content (AvgIpc) is 3.29. The van der Waals surface area contributed by atoms with E-state index in [1.807, 2.05) is 19.9 Å². The molecule has 176 valence electrons. The maximum absolute atomic E-state index is 15.4. The van der Waals surface area contributed by atoms with Gasteiger partial charge < -0.3 is 15.5 Å². The molecule has 0 radical (unpaired) electrons. The molecule has 0 aliphatic carbocycles. The lowest BCUT2D eigenvalue weighted by Crippen LogP contribution is -2.45. The van der Waals surface area contributed by atoms with Crippen LogP contribution in [-0.2, 0) is 0 Å². The van der Waals surface area contributed by atoms with Crippen molar-refractivity contribution >= 4 is 11.6 Å². The molecule has 1 unspecified atom stereocenters. The lowest BCUT2D eigenvalue weighted by Gasteiger charge is -2.30. The smallest absolute Gasteiger partial charge is 0.274 e. The number of rotatable bonds is 6. The van der Waals surface area contributed by atoms with Crippen LogP contribution in [0.2, 0.25) is 0 Å². The summed E-state index contributed by atoms with van der Waals surface area (Å²) < 4.78 is 16.8. The molecule has 1 aliphatic rings. The van der Waals surface area contributed by atoms with Crippen molar-refractivity contribution in [1.29, 1.82) is 5.26 Å². The summed E-state index contributed by atoms with van der Waals surface area (Å²) in [4.78, 5) is 17.0. The van der Waals surface area contributed by atoms with Crippen LogP contribution in [0.25, 0.3) is 16.9 Å². The van der Waals surface area contributed by atoms with Gasteiger partial charge in [-0.25, -0.2) is 9.07 Å². The summed E-state index contributed by atoms with van der Waals surface area (Å²) >= 11 is 0. The Kier molecular flexibility index (Phi) is 6.94. The fourth-order valence-electron chi connectivity index (χ4n) is 4.40. The van der Waals surface area contributed by atoms with Crippen LogP contribution in [0.5, 0.6) is 0 Å². The zero-order chi connectivity index (χ0) is 24.2. The molecular formula is C26H29FN6O. The Morgan fingerprint density at radius 2 is 1.94 bits per heavy atom. The maximum Gasteiger partial charge on any atom is 0.274 e. The number of likely N-dealkylation sites (tertiary alicyclic amines) is 1. The van der Waals surface area contributed by atoms with Gasteiger partial charge in [-0.05, 0) is 63.1 Å². The average molecular weight is 461 g/mol. The highest BCUT2D eigenvalue weighted by Crippen LogP contribution is 2.28. The number of hydrogen-bond acceptors (Lipinski definition) is 5. The number of hydrogen-bond donors (Lipinski definition) is 1. The Bertz CT molecular complexity index is 1210. The van der Waals surface area contributed by atoms with Gasteiger partial charge in [0.05, 0.1) is 17.3 Å². The van der Waals surface area contributed by atoms with Gasteiger partial charge in [-0.15, -0.1) is 0 Å². The van der Waals surface area contributed by atoms with Gasteiger partial charge in [-0.3, -0.25) is 4.79 Å². The zero-order valence-corrected chi connectivity index (χ0v) is 19.5. The number of piperidine rings is 1. The first-order chi connectivity index (χ1) is 16.4. The van der Waals surface area contributed by atoms with Crippen LogP contribution in [0.4, 0.5) is 10.1 Å². The molecule has 3 aromatic rings. The zero-order valence-electron chi connectivity index (χ0n) is 19.5. The van der Waals surface area contributed by atoms with Crippen molar-refractivity contribution in [2.24, 2.45) is 5.73 Å². The van der Waals surface area contributed by atoms with E-state index in [1.165, 1.54) is 10.7 Å². The van der Waals surface area contributed by atoms with E-state index in [4.69, 9.17) is 11.0 Å². The molecule has 2 aromatic carbocycles. The molecule has 1 fully saturated rings. The Labute approximate surface area is 199 Å². The number of anilines is 1. The van der Waals surface area contributed by atoms with Crippen LogP contribution in [0.3, 0.4) is 0 Å². The Morgan fingerprint density at radius 1 is 1.21 bits per heavy atom. The molecule has 1 aromatic heterocycles. The third-order valence-electron chi connectivity index (χ3n) is 6.27. The van der Waals surface area contributed by atoms with Crippen molar-refractivity contribution in [2.45, 2.75) is 32.7 Å². The van der Waals surface area contributed by atoms with Gasteiger partial charge in [0.1, 0.15) is 5.69 Å². The lowest BCUT2D eigenvalue weighted by atomic mass is 10.1. The number of amides is 1. The number of nitriles is 1. The van der Waals surface area contributed by atoms with Gasteiger partial charge in [-0.2, -0.15) is 10.4 Å². The minimum atomic E-state index is -0.429. The van der Waals surface area contributed by atoms with E-state index in [2.05, 4.69) is 16.1 Å². The summed E-state index contributed by atoms with van der Waals surface area (Å²) in [5.74, 6) is -0.648. The third-order valence-corrected chi connectivity index (χ3v) is 6.27. The first-order valence-electron chi connectivity index (χ1n) is 11.7. The molecule has 1 atom stereocenters. The molecule has 0 bridgehead atoms. The van der Waals surface area contributed by atoms with Crippen LogP contribution in [0.1, 0.15) is 42.7 Å². The van der Waals surface area contributed by atoms with Crippen LogP contribution in [0.15, 0.2) is 48.5 Å². The molecule has 1 saturated heterocycles. The van der Waals surface area contributed by atoms with Gasteiger partial charge in [0.15, 0.2) is 11.5 Å². The highest BCUT2D eigenvalue weighted by Gasteiger charge is 2.26. The fraction of sp³-hybridized carbons (Fsp3) is 0.346. The molecule has 7 nitrogen and oxygen atoms in total. The lowest BCUT2D eigenvalue weighted by molar-refractivity contribution is 0.0702. The van der Waals surface area contributed by atoms with Crippen molar-refractivity contribution in [3.63, 3.8) is 0 Å².